The molecular weight excluding hydrogens is 376 g/mol. The van der Waals surface area contributed by atoms with Gasteiger partial charge in [-0.1, -0.05) is 53.8 Å². The molecule has 2 heterocycles. The topological polar surface area (TPSA) is 42.2 Å². The van der Waals surface area contributed by atoms with Crippen molar-refractivity contribution in [2.75, 3.05) is 5.43 Å². The summed E-state index contributed by atoms with van der Waals surface area (Å²) >= 11 is 1.60. The predicted octanol–water partition coefficient (Wildman–Crippen LogP) is 6.30. The number of hydrogen-bond donors (Lipinski definition) is 1. The summed E-state index contributed by atoms with van der Waals surface area (Å²) in [6.45, 7) is 4.25. The second-order valence-corrected chi connectivity index (χ2v) is 8.08. The van der Waals surface area contributed by atoms with Crippen molar-refractivity contribution in [1.82, 2.24) is 9.55 Å². The van der Waals surface area contributed by atoms with Gasteiger partial charge in [0.25, 0.3) is 0 Å². The van der Waals surface area contributed by atoms with Gasteiger partial charge in [0, 0.05) is 22.6 Å². The highest BCUT2D eigenvalue weighted by atomic mass is 32.1. The number of hydrogen-bond acceptors (Lipinski definition) is 4. The Morgan fingerprint density at radius 3 is 2.59 bits per heavy atom. The predicted molar refractivity (Wildman–Crippen MR) is 124 cm³/mol. The third kappa shape index (κ3) is 3.30. The average Bonchev–Trinajstić information content (AvgIpc) is 3.27. The molecule has 0 unspecified atom stereocenters. The summed E-state index contributed by atoms with van der Waals surface area (Å²) in [4.78, 5) is 4.55. The second kappa shape index (κ2) is 7.18. The third-order valence-electron chi connectivity index (χ3n) is 5.12. The van der Waals surface area contributed by atoms with E-state index in [0.29, 0.717) is 0 Å². The molecule has 0 aliphatic heterocycles. The average molecular weight is 397 g/mol. The maximum atomic E-state index is 4.55. The molecule has 0 aliphatic rings. The number of aromatic nitrogens is 2. The van der Waals surface area contributed by atoms with Gasteiger partial charge in [-0.2, -0.15) is 5.10 Å². The molecule has 0 fully saturated rings. The fraction of sp³-hybridized carbons (Fsp3) is 0.0833. The number of thiazole rings is 1. The number of para-hydroxylation sites is 1. The molecular formula is C24H20N4S. The highest BCUT2D eigenvalue weighted by Gasteiger charge is 2.10. The Bertz CT molecular complexity index is 1330. The monoisotopic (exact) mass is 396 g/mol. The number of anilines is 1. The molecule has 5 aromatic rings. The first-order chi connectivity index (χ1) is 14.2. The first kappa shape index (κ1) is 17.6. The third-order valence-corrected chi connectivity index (χ3v) is 6.06. The zero-order chi connectivity index (χ0) is 19.8. The number of aryl methyl sites for hydroxylation is 1. The number of nitrogens with one attached hydrogen (secondary N) is 1. The van der Waals surface area contributed by atoms with Crippen LogP contribution in [0.25, 0.3) is 26.7 Å². The van der Waals surface area contributed by atoms with E-state index in [0.717, 1.165) is 32.3 Å². The van der Waals surface area contributed by atoms with Crippen molar-refractivity contribution in [1.29, 1.82) is 0 Å². The molecule has 2 aromatic heterocycles. The minimum Gasteiger partial charge on any atom is -0.318 e. The number of fused-ring (bicyclic) bond motifs is 2. The lowest BCUT2D eigenvalue weighted by molar-refractivity contribution is 0.967. The van der Waals surface area contributed by atoms with E-state index < -0.39 is 0 Å². The van der Waals surface area contributed by atoms with Crippen molar-refractivity contribution in [2.24, 2.45) is 5.10 Å². The molecule has 1 N–H and O–H groups in total. The van der Waals surface area contributed by atoms with Gasteiger partial charge in [-0.25, -0.2) is 4.98 Å². The number of hydrazone groups is 1. The first-order valence-electron chi connectivity index (χ1n) is 9.52. The highest BCUT2D eigenvalue weighted by Crippen LogP contribution is 2.26. The smallest absolute Gasteiger partial charge is 0.204 e. The fourth-order valence-electron chi connectivity index (χ4n) is 3.71. The van der Waals surface area contributed by atoms with E-state index >= 15 is 0 Å². The first-order valence-corrected chi connectivity index (χ1v) is 10.3. The van der Waals surface area contributed by atoms with Crippen LogP contribution in [-0.2, 0) is 0 Å². The molecule has 142 valence electrons. The van der Waals surface area contributed by atoms with Gasteiger partial charge in [0.2, 0.25) is 5.13 Å². The molecule has 5 rings (SSSR count). The fourth-order valence-corrected chi connectivity index (χ4v) is 4.52. The van der Waals surface area contributed by atoms with Gasteiger partial charge in [-0.3, -0.25) is 5.43 Å². The molecule has 0 spiro atoms. The van der Waals surface area contributed by atoms with Crippen LogP contribution in [-0.4, -0.2) is 15.8 Å². The van der Waals surface area contributed by atoms with Gasteiger partial charge in [0.05, 0.1) is 16.4 Å². The van der Waals surface area contributed by atoms with Crippen LogP contribution in [0.1, 0.15) is 17.0 Å². The van der Waals surface area contributed by atoms with Crippen molar-refractivity contribution >= 4 is 43.7 Å². The van der Waals surface area contributed by atoms with Crippen LogP contribution in [0, 0.1) is 13.8 Å². The summed E-state index contributed by atoms with van der Waals surface area (Å²) in [5.74, 6) is 0. The maximum absolute atomic E-state index is 4.55. The molecule has 0 bridgehead atoms. The summed E-state index contributed by atoms with van der Waals surface area (Å²) in [6.07, 6.45) is 1.87. The Balaban J connectivity index is 1.43. The van der Waals surface area contributed by atoms with Crippen LogP contribution in [0.5, 0.6) is 0 Å². The standard InChI is InChI=1S/C24H20N4S/c1-16-13-20(15-25-27-24-26-22-9-5-6-10-23(22)29-24)17(2)28(16)21-12-11-18-7-3-4-8-19(18)14-21/h3-15H,1-2H3,(H,26,27)/b25-15-. The van der Waals surface area contributed by atoms with Gasteiger partial charge in [0.1, 0.15) is 0 Å². The summed E-state index contributed by atoms with van der Waals surface area (Å²) in [7, 11) is 0. The number of rotatable bonds is 4. The zero-order valence-electron chi connectivity index (χ0n) is 16.3. The Hall–Kier alpha value is -3.44. The van der Waals surface area contributed by atoms with E-state index in [2.05, 4.69) is 88.5 Å². The lowest BCUT2D eigenvalue weighted by atomic mass is 10.1. The second-order valence-electron chi connectivity index (χ2n) is 7.05. The van der Waals surface area contributed by atoms with Crippen molar-refractivity contribution in [3.63, 3.8) is 0 Å². The van der Waals surface area contributed by atoms with Gasteiger partial charge >= 0.3 is 0 Å². The number of nitrogens with zero attached hydrogens (tertiary/aromatic N) is 3. The largest absolute Gasteiger partial charge is 0.318 e. The number of benzene rings is 3. The Morgan fingerprint density at radius 2 is 1.72 bits per heavy atom. The van der Waals surface area contributed by atoms with Crippen molar-refractivity contribution in [3.8, 4) is 5.69 Å². The molecule has 0 aliphatic carbocycles. The SMILES string of the molecule is Cc1cc(/C=N\Nc2nc3ccccc3s2)c(C)n1-c1ccc2ccccc2c1. The van der Waals surface area contributed by atoms with Gasteiger partial charge in [-0.05, 0) is 55.0 Å². The molecule has 29 heavy (non-hydrogen) atoms. The highest BCUT2D eigenvalue weighted by molar-refractivity contribution is 7.22. The lowest BCUT2D eigenvalue weighted by Gasteiger charge is -2.11. The minimum atomic E-state index is 0.797. The Labute approximate surface area is 173 Å². The molecule has 4 nitrogen and oxygen atoms in total. The molecule has 0 saturated carbocycles. The summed E-state index contributed by atoms with van der Waals surface area (Å²) in [6, 6.07) is 25.3. The van der Waals surface area contributed by atoms with Crippen LogP contribution in [0.3, 0.4) is 0 Å². The van der Waals surface area contributed by atoms with E-state index in [1.54, 1.807) is 11.3 Å². The van der Waals surface area contributed by atoms with Crippen LogP contribution in [0.15, 0.2) is 77.9 Å². The van der Waals surface area contributed by atoms with Gasteiger partial charge in [0.15, 0.2) is 0 Å². The quantitative estimate of drug-likeness (QED) is 0.286. The maximum Gasteiger partial charge on any atom is 0.204 e. The summed E-state index contributed by atoms with van der Waals surface area (Å²) in [5.41, 5.74) is 8.65. The molecule has 0 amide bonds. The van der Waals surface area contributed by atoms with Crippen molar-refractivity contribution in [3.05, 3.63) is 89.7 Å². The molecule has 0 atom stereocenters. The normalized spacial score (nSPS) is 11.7. The minimum absolute atomic E-state index is 0.797. The van der Waals surface area contributed by atoms with Crippen molar-refractivity contribution in [2.45, 2.75) is 13.8 Å². The summed E-state index contributed by atoms with van der Waals surface area (Å²) in [5, 5.41) is 7.71. The van der Waals surface area contributed by atoms with E-state index in [-0.39, 0.29) is 0 Å². The Morgan fingerprint density at radius 1 is 0.931 bits per heavy atom. The summed E-state index contributed by atoms with van der Waals surface area (Å²) < 4.78 is 3.42. The molecule has 5 heteroatoms. The van der Waals surface area contributed by atoms with Crippen LogP contribution in [0.2, 0.25) is 0 Å². The van der Waals surface area contributed by atoms with E-state index in [9.17, 15) is 0 Å². The lowest BCUT2D eigenvalue weighted by Crippen LogP contribution is -1.99. The Kier molecular flexibility index (Phi) is 4.37. The van der Waals surface area contributed by atoms with Crippen molar-refractivity contribution < 1.29 is 0 Å². The molecule has 0 radical (unpaired) electrons. The molecule has 3 aromatic carbocycles. The van der Waals surface area contributed by atoms with Crippen LogP contribution >= 0.6 is 11.3 Å². The van der Waals surface area contributed by atoms with Gasteiger partial charge in [-0.15, -0.1) is 0 Å². The molecule has 0 saturated heterocycles. The van der Waals surface area contributed by atoms with Crippen LogP contribution in [0.4, 0.5) is 5.13 Å². The van der Waals surface area contributed by atoms with E-state index in [1.807, 2.05) is 24.4 Å². The van der Waals surface area contributed by atoms with Crippen LogP contribution < -0.4 is 5.43 Å². The van der Waals surface area contributed by atoms with E-state index in [1.165, 1.54) is 16.5 Å². The zero-order valence-corrected chi connectivity index (χ0v) is 17.1. The van der Waals surface area contributed by atoms with Gasteiger partial charge < -0.3 is 4.57 Å². The van der Waals surface area contributed by atoms with E-state index in [4.69, 9.17) is 0 Å².